The van der Waals surface area contributed by atoms with Crippen LogP contribution in [0.2, 0.25) is 0 Å². The maximum absolute atomic E-state index is 6.07. The van der Waals surface area contributed by atoms with E-state index in [9.17, 15) is 0 Å². The molecule has 3 aromatic rings. The van der Waals surface area contributed by atoms with Crippen LogP contribution in [0.3, 0.4) is 0 Å². The highest BCUT2D eigenvalue weighted by atomic mass is 79.9. The number of nitrogens with zero attached hydrogens (tertiary/aromatic N) is 1. The predicted molar refractivity (Wildman–Crippen MR) is 92.3 cm³/mol. The Bertz CT molecular complexity index is 760. The van der Waals surface area contributed by atoms with Crippen molar-refractivity contribution in [1.82, 2.24) is 4.57 Å². The zero-order valence-electron chi connectivity index (χ0n) is 11.9. The van der Waals surface area contributed by atoms with Crippen molar-refractivity contribution in [2.45, 2.75) is 13.5 Å². The van der Waals surface area contributed by atoms with Gasteiger partial charge in [0.2, 0.25) is 0 Å². The smallest absolute Gasteiger partial charge is 0.0493 e. The van der Waals surface area contributed by atoms with Gasteiger partial charge < -0.3 is 10.3 Å². The number of aryl methyl sites for hydroxylation is 1. The molecule has 1 aromatic heterocycles. The van der Waals surface area contributed by atoms with Gasteiger partial charge in [-0.25, -0.2) is 0 Å². The molecule has 0 atom stereocenters. The van der Waals surface area contributed by atoms with E-state index in [2.05, 4.69) is 70.0 Å². The van der Waals surface area contributed by atoms with E-state index in [1.54, 1.807) is 0 Å². The number of nitrogens with two attached hydrogens (primary N) is 1. The zero-order valence-corrected chi connectivity index (χ0v) is 13.5. The fraction of sp³-hybridized carbons (Fsp3) is 0.111. The Hall–Kier alpha value is -2.00. The number of anilines is 1. The summed E-state index contributed by atoms with van der Waals surface area (Å²) in [4.78, 5) is 0. The molecule has 3 heteroatoms. The molecule has 106 valence electrons. The molecule has 2 N–H and O–H groups in total. The Morgan fingerprint density at radius 1 is 1.00 bits per heavy atom. The first-order valence-electron chi connectivity index (χ1n) is 6.89. The van der Waals surface area contributed by atoms with E-state index in [0.717, 1.165) is 22.3 Å². The van der Waals surface area contributed by atoms with Gasteiger partial charge >= 0.3 is 0 Å². The fourth-order valence-electron chi connectivity index (χ4n) is 2.47. The number of nitrogen functional groups attached to an aromatic ring is 1. The van der Waals surface area contributed by atoms with Crippen molar-refractivity contribution >= 4 is 21.6 Å². The minimum atomic E-state index is 0.782. The summed E-state index contributed by atoms with van der Waals surface area (Å²) in [5.41, 5.74) is 11.7. The number of aromatic nitrogens is 1. The Balaban J connectivity index is 1.93. The molecule has 0 amide bonds. The summed E-state index contributed by atoms with van der Waals surface area (Å²) in [6, 6.07) is 18.6. The van der Waals surface area contributed by atoms with E-state index < -0.39 is 0 Å². The van der Waals surface area contributed by atoms with Gasteiger partial charge in [-0.3, -0.25) is 0 Å². The summed E-state index contributed by atoms with van der Waals surface area (Å²) in [5, 5.41) is 0. The lowest BCUT2D eigenvalue weighted by atomic mass is 10.1. The molecule has 0 bridgehead atoms. The second kappa shape index (κ2) is 5.78. The van der Waals surface area contributed by atoms with E-state index in [1.165, 1.54) is 16.8 Å². The minimum Gasteiger partial charge on any atom is -0.398 e. The maximum atomic E-state index is 6.07. The van der Waals surface area contributed by atoms with Crippen LogP contribution in [0.4, 0.5) is 5.69 Å². The van der Waals surface area contributed by atoms with Crippen LogP contribution in [0.25, 0.3) is 11.1 Å². The third-order valence-electron chi connectivity index (χ3n) is 3.67. The lowest BCUT2D eigenvalue weighted by Crippen LogP contribution is -2.03. The molecule has 2 nitrogen and oxygen atoms in total. The normalized spacial score (nSPS) is 10.8. The largest absolute Gasteiger partial charge is 0.398 e. The SMILES string of the molecule is Cc1cc(-c2ccccc2)cn1Cc1cc(Br)ccc1N. The molecule has 3 rings (SSSR count). The van der Waals surface area contributed by atoms with Gasteiger partial charge in [0.1, 0.15) is 0 Å². The molecule has 2 aromatic carbocycles. The zero-order chi connectivity index (χ0) is 14.8. The van der Waals surface area contributed by atoms with Gasteiger partial charge in [-0.15, -0.1) is 0 Å². The van der Waals surface area contributed by atoms with Crippen molar-refractivity contribution in [3.05, 3.63) is 76.5 Å². The third kappa shape index (κ3) is 3.03. The van der Waals surface area contributed by atoms with Gasteiger partial charge in [0.05, 0.1) is 0 Å². The van der Waals surface area contributed by atoms with E-state index in [1.807, 2.05) is 18.2 Å². The Labute approximate surface area is 133 Å². The van der Waals surface area contributed by atoms with Crippen LogP contribution >= 0.6 is 15.9 Å². The minimum absolute atomic E-state index is 0.782. The van der Waals surface area contributed by atoms with Crippen LogP contribution in [0.5, 0.6) is 0 Å². The monoisotopic (exact) mass is 340 g/mol. The second-order valence-corrected chi connectivity index (χ2v) is 6.12. The van der Waals surface area contributed by atoms with Crippen molar-refractivity contribution in [3.8, 4) is 11.1 Å². The Morgan fingerprint density at radius 2 is 1.76 bits per heavy atom. The van der Waals surface area contributed by atoms with Crippen LogP contribution in [0.1, 0.15) is 11.3 Å². The summed E-state index contributed by atoms with van der Waals surface area (Å²) < 4.78 is 3.29. The number of hydrogen-bond acceptors (Lipinski definition) is 1. The van der Waals surface area contributed by atoms with E-state index in [4.69, 9.17) is 5.73 Å². The summed E-state index contributed by atoms with van der Waals surface area (Å²) in [6.07, 6.45) is 2.19. The second-order valence-electron chi connectivity index (χ2n) is 5.21. The Kier molecular flexibility index (Phi) is 3.84. The molecule has 0 radical (unpaired) electrons. The number of benzene rings is 2. The number of hydrogen-bond donors (Lipinski definition) is 1. The molecule has 0 fully saturated rings. The van der Waals surface area contributed by atoms with Crippen molar-refractivity contribution in [3.63, 3.8) is 0 Å². The Morgan fingerprint density at radius 3 is 2.52 bits per heavy atom. The molecule has 21 heavy (non-hydrogen) atoms. The summed E-state index contributed by atoms with van der Waals surface area (Å²) in [6.45, 7) is 2.91. The molecule has 0 aliphatic rings. The average Bonchev–Trinajstić information content (AvgIpc) is 2.85. The number of halogens is 1. The molecule has 0 aliphatic heterocycles. The topological polar surface area (TPSA) is 30.9 Å². The first-order valence-corrected chi connectivity index (χ1v) is 7.69. The summed E-state index contributed by atoms with van der Waals surface area (Å²) >= 11 is 3.51. The highest BCUT2D eigenvalue weighted by Gasteiger charge is 2.07. The molecular weight excluding hydrogens is 324 g/mol. The summed E-state index contributed by atoms with van der Waals surface area (Å²) in [7, 11) is 0. The van der Waals surface area contributed by atoms with Gasteiger partial charge in [0.15, 0.2) is 0 Å². The highest BCUT2D eigenvalue weighted by molar-refractivity contribution is 9.10. The van der Waals surface area contributed by atoms with E-state index >= 15 is 0 Å². The first kappa shape index (κ1) is 14.0. The van der Waals surface area contributed by atoms with Crippen LogP contribution in [-0.4, -0.2) is 4.57 Å². The van der Waals surface area contributed by atoms with Gasteiger partial charge in [-0.1, -0.05) is 46.3 Å². The van der Waals surface area contributed by atoms with Gasteiger partial charge in [-0.05, 0) is 47.9 Å². The van der Waals surface area contributed by atoms with Crippen LogP contribution in [0.15, 0.2) is 65.3 Å². The van der Waals surface area contributed by atoms with Crippen molar-refractivity contribution in [1.29, 1.82) is 0 Å². The lowest BCUT2D eigenvalue weighted by Gasteiger charge is -2.09. The number of rotatable bonds is 3. The van der Waals surface area contributed by atoms with Gasteiger partial charge in [0, 0.05) is 28.6 Å². The molecule has 0 aliphatic carbocycles. The molecule has 0 spiro atoms. The molecular formula is C18H17BrN2. The van der Waals surface area contributed by atoms with Gasteiger partial charge in [0.25, 0.3) is 0 Å². The highest BCUT2D eigenvalue weighted by Crippen LogP contribution is 2.24. The standard InChI is InChI=1S/C18H17BrN2/c1-13-9-15(14-5-3-2-4-6-14)11-21(13)12-16-10-17(19)7-8-18(16)20/h2-11H,12,20H2,1H3. The van der Waals surface area contributed by atoms with E-state index in [-0.39, 0.29) is 0 Å². The van der Waals surface area contributed by atoms with E-state index in [0.29, 0.717) is 0 Å². The average molecular weight is 341 g/mol. The van der Waals surface area contributed by atoms with Crippen molar-refractivity contribution in [2.75, 3.05) is 5.73 Å². The quantitative estimate of drug-likeness (QED) is 0.678. The third-order valence-corrected chi connectivity index (χ3v) is 4.16. The van der Waals surface area contributed by atoms with Crippen LogP contribution in [-0.2, 0) is 6.54 Å². The molecule has 0 saturated carbocycles. The summed E-state index contributed by atoms with van der Waals surface area (Å²) in [5.74, 6) is 0. The predicted octanol–water partition coefficient (Wildman–Crippen LogP) is 4.86. The fourth-order valence-corrected chi connectivity index (χ4v) is 2.88. The molecule has 1 heterocycles. The van der Waals surface area contributed by atoms with Crippen molar-refractivity contribution < 1.29 is 0 Å². The molecule has 0 saturated heterocycles. The maximum Gasteiger partial charge on any atom is 0.0493 e. The van der Waals surface area contributed by atoms with Gasteiger partial charge in [-0.2, -0.15) is 0 Å². The van der Waals surface area contributed by atoms with Crippen molar-refractivity contribution in [2.24, 2.45) is 0 Å². The lowest BCUT2D eigenvalue weighted by molar-refractivity contribution is 0.778. The first-order chi connectivity index (χ1) is 10.1. The van der Waals surface area contributed by atoms with Crippen LogP contribution < -0.4 is 5.73 Å². The van der Waals surface area contributed by atoms with Crippen LogP contribution in [0, 0.1) is 6.92 Å². The molecule has 0 unspecified atom stereocenters.